The van der Waals surface area contributed by atoms with Crippen LogP contribution in [0.4, 0.5) is 0 Å². The van der Waals surface area contributed by atoms with Crippen molar-refractivity contribution in [1.82, 2.24) is 0 Å². The Morgan fingerprint density at radius 3 is 2.84 bits per heavy atom. The molecule has 106 valence electrons. The molecule has 0 saturated carbocycles. The van der Waals surface area contributed by atoms with Gasteiger partial charge in [0.15, 0.2) is 0 Å². The molecule has 3 unspecified atom stereocenters. The van der Waals surface area contributed by atoms with E-state index in [0.29, 0.717) is 16.9 Å². The van der Waals surface area contributed by atoms with Crippen molar-refractivity contribution in [3.8, 4) is 5.75 Å². The second kappa shape index (κ2) is 7.25. The lowest BCUT2D eigenvalue weighted by atomic mass is 10.0. The van der Waals surface area contributed by atoms with Gasteiger partial charge in [0.2, 0.25) is 0 Å². The molecule has 0 aromatic heterocycles. The predicted molar refractivity (Wildman–Crippen MR) is 88.6 cm³/mol. The molecule has 0 bridgehead atoms. The Bertz CT molecular complexity index is 428. The van der Waals surface area contributed by atoms with Crippen LogP contribution < -0.4 is 4.74 Å². The third kappa shape index (κ3) is 4.06. The summed E-state index contributed by atoms with van der Waals surface area (Å²) < 4.78 is 6.39. The molecule has 1 aromatic rings. The van der Waals surface area contributed by atoms with Gasteiger partial charge in [-0.15, -0.1) is 0 Å². The van der Waals surface area contributed by atoms with E-state index in [1.807, 2.05) is 41.7 Å². The first-order chi connectivity index (χ1) is 9.11. The highest BCUT2D eigenvalue weighted by atomic mass is 79.9. The Morgan fingerprint density at radius 1 is 1.42 bits per heavy atom. The summed E-state index contributed by atoms with van der Waals surface area (Å²) in [6, 6.07) is 5.94. The van der Waals surface area contributed by atoms with E-state index in [0.717, 1.165) is 21.5 Å². The summed E-state index contributed by atoms with van der Waals surface area (Å²) in [5.41, 5.74) is 1.06. The van der Waals surface area contributed by atoms with Crippen LogP contribution >= 0.6 is 39.5 Å². The number of hydrogen-bond acceptors (Lipinski definition) is 4. The van der Waals surface area contributed by atoms with Crippen LogP contribution in [0.25, 0.3) is 0 Å². The fourth-order valence-electron chi connectivity index (χ4n) is 2.32. The monoisotopic (exact) mass is 362 g/mol. The molecule has 5 heteroatoms. The first-order valence-electron chi connectivity index (χ1n) is 6.35. The van der Waals surface area contributed by atoms with E-state index in [-0.39, 0.29) is 6.10 Å². The van der Waals surface area contributed by atoms with Gasteiger partial charge in [0, 0.05) is 32.9 Å². The summed E-state index contributed by atoms with van der Waals surface area (Å²) in [5, 5.41) is 11.3. The number of aliphatic hydroxyl groups excluding tert-OH is 1. The van der Waals surface area contributed by atoms with Gasteiger partial charge in [-0.2, -0.15) is 23.5 Å². The van der Waals surface area contributed by atoms with Crippen LogP contribution in [0, 0.1) is 0 Å². The average Bonchev–Trinajstić information content (AvgIpc) is 2.39. The summed E-state index contributed by atoms with van der Waals surface area (Å²) >= 11 is 7.33. The van der Waals surface area contributed by atoms with E-state index in [4.69, 9.17) is 4.74 Å². The molecule has 0 radical (unpaired) electrons. The molecule has 19 heavy (non-hydrogen) atoms. The van der Waals surface area contributed by atoms with E-state index in [9.17, 15) is 5.11 Å². The van der Waals surface area contributed by atoms with Gasteiger partial charge in [0.1, 0.15) is 5.75 Å². The van der Waals surface area contributed by atoms with Crippen LogP contribution in [-0.2, 0) is 6.42 Å². The molecule has 1 saturated heterocycles. The van der Waals surface area contributed by atoms with E-state index in [1.54, 1.807) is 7.11 Å². The van der Waals surface area contributed by atoms with Gasteiger partial charge in [0.05, 0.1) is 13.2 Å². The minimum atomic E-state index is -0.323. The number of benzene rings is 1. The summed E-state index contributed by atoms with van der Waals surface area (Å²) in [7, 11) is 1.67. The van der Waals surface area contributed by atoms with Gasteiger partial charge in [-0.05, 0) is 23.8 Å². The zero-order valence-corrected chi connectivity index (χ0v) is 14.4. The summed E-state index contributed by atoms with van der Waals surface area (Å²) in [5.74, 6) is 3.17. The van der Waals surface area contributed by atoms with Crippen molar-refractivity contribution in [3.63, 3.8) is 0 Å². The zero-order valence-electron chi connectivity index (χ0n) is 11.1. The molecule has 0 aliphatic carbocycles. The molecular formula is C14H19BrO2S2. The zero-order chi connectivity index (χ0) is 13.8. The highest BCUT2D eigenvalue weighted by Crippen LogP contribution is 2.35. The molecule has 1 aliphatic heterocycles. The minimum absolute atomic E-state index is 0.308. The van der Waals surface area contributed by atoms with Crippen molar-refractivity contribution in [1.29, 1.82) is 0 Å². The van der Waals surface area contributed by atoms with E-state index >= 15 is 0 Å². The second-order valence-corrected chi connectivity index (χ2v) is 8.33. The third-order valence-corrected chi connectivity index (χ3v) is 7.02. The topological polar surface area (TPSA) is 29.5 Å². The quantitative estimate of drug-likeness (QED) is 0.885. The number of methoxy groups -OCH3 is 1. The number of halogens is 1. The maximum absolute atomic E-state index is 10.5. The van der Waals surface area contributed by atoms with Crippen molar-refractivity contribution >= 4 is 39.5 Å². The van der Waals surface area contributed by atoms with Gasteiger partial charge in [-0.1, -0.05) is 22.9 Å². The van der Waals surface area contributed by atoms with Crippen LogP contribution in [0.5, 0.6) is 5.75 Å². The van der Waals surface area contributed by atoms with Crippen molar-refractivity contribution in [2.24, 2.45) is 0 Å². The molecule has 2 nitrogen and oxygen atoms in total. The molecule has 2 rings (SSSR count). The largest absolute Gasteiger partial charge is 0.496 e. The summed E-state index contributed by atoms with van der Waals surface area (Å²) in [4.78, 5) is 0. The van der Waals surface area contributed by atoms with Gasteiger partial charge >= 0.3 is 0 Å². The standard InChI is InChI=1S/C14H19BrO2S2/c1-9-14(19-6-5-18-9)12(16)8-10-7-11(15)3-4-13(10)17-2/h3-4,7,9,12,14,16H,5-6,8H2,1-2H3. The Kier molecular flexibility index (Phi) is 5.93. The van der Waals surface area contributed by atoms with E-state index in [1.165, 1.54) is 5.75 Å². The smallest absolute Gasteiger partial charge is 0.122 e. The predicted octanol–water partition coefficient (Wildman–Crippen LogP) is 3.60. The van der Waals surface area contributed by atoms with Crippen LogP contribution in [0.3, 0.4) is 0 Å². The lowest BCUT2D eigenvalue weighted by molar-refractivity contribution is 0.170. The first-order valence-corrected chi connectivity index (χ1v) is 9.24. The van der Waals surface area contributed by atoms with Crippen molar-refractivity contribution in [3.05, 3.63) is 28.2 Å². The van der Waals surface area contributed by atoms with Crippen molar-refractivity contribution < 1.29 is 9.84 Å². The first kappa shape index (κ1) is 15.5. The number of hydrogen-bond donors (Lipinski definition) is 1. The van der Waals surface area contributed by atoms with Gasteiger partial charge in [0.25, 0.3) is 0 Å². The van der Waals surface area contributed by atoms with Crippen LogP contribution in [0.1, 0.15) is 12.5 Å². The molecule has 1 heterocycles. The second-order valence-electron chi connectivity index (χ2n) is 4.64. The third-order valence-electron chi connectivity index (χ3n) is 3.29. The molecule has 1 N–H and O–H groups in total. The molecule has 0 spiro atoms. The van der Waals surface area contributed by atoms with Gasteiger partial charge < -0.3 is 9.84 Å². The highest BCUT2D eigenvalue weighted by Gasteiger charge is 2.29. The van der Waals surface area contributed by atoms with Crippen molar-refractivity contribution in [2.75, 3.05) is 18.6 Å². The van der Waals surface area contributed by atoms with Crippen LogP contribution in [0.2, 0.25) is 0 Å². The number of rotatable bonds is 4. The molecule has 1 fully saturated rings. The fourth-order valence-corrected chi connectivity index (χ4v) is 5.57. The Labute approximate surface area is 131 Å². The lowest BCUT2D eigenvalue weighted by Crippen LogP contribution is -2.36. The SMILES string of the molecule is COc1ccc(Br)cc1CC(O)C1SCCSC1C. The molecule has 1 aromatic carbocycles. The van der Waals surface area contributed by atoms with Crippen LogP contribution in [0.15, 0.2) is 22.7 Å². The molecule has 3 atom stereocenters. The van der Waals surface area contributed by atoms with Gasteiger partial charge in [-0.3, -0.25) is 0 Å². The normalized spacial score (nSPS) is 25.1. The molecule has 1 aliphatic rings. The van der Waals surface area contributed by atoms with Crippen molar-refractivity contribution in [2.45, 2.75) is 29.9 Å². The maximum Gasteiger partial charge on any atom is 0.122 e. The van der Waals surface area contributed by atoms with E-state index < -0.39 is 0 Å². The summed E-state index contributed by atoms with van der Waals surface area (Å²) in [6.45, 7) is 2.21. The highest BCUT2D eigenvalue weighted by molar-refractivity contribution is 9.10. The Balaban J connectivity index is 2.09. The minimum Gasteiger partial charge on any atom is -0.496 e. The Hall–Kier alpha value is 0.160. The lowest BCUT2D eigenvalue weighted by Gasteiger charge is -2.31. The van der Waals surface area contributed by atoms with Crippen LogP contribution in [-0.4, -0.2) is 40.3 Å². The number of thioether (sulfide) groups is 2. The summed E-state index contributed by atoms with van der Waals surface area (Å²) in [6.07, 6.45) is 0.321. The maximum atomic E-state index is 10.5. The number of ether oxygens (including phenoxy) is 1. The molecular weight excluding hydrogens is 344 g/mol. The van der Waals surface area contributed by atoms with Gasteiger partial charge in [-0.25, -0.2) is 0 Å². The van der Waals surface area contributed by atoms with E-state index in [2.05, 4.69) is 22.9 Å². The fraction of sp³-hybridized carbons (Fsp3) is 0.571. The Morgan fingerprint density at radius 2 is 2.16 bits per heavy atom. The average molecular weight is 363 g/mol. The molecule has 0 amide bonds. The number of aliphatic hydroxyl groups is 1.